The number of rotatable bonds is 5. The molecule has 2 aliphatic heterocycles. The van der Waals surface area contributed by atoms with Crippen LogP contribution in [0.4, 0.5) is 4.39 Å². The molecule has 4 heterocycles. The lowest BCUT2D eigenvalue weighted by molar-refractivity contribution is 0.0703. The van der Waals surface area contributed by atoms with Gasteiger partial charge in [0.25, 0.3) is 5.91 Å². The molecule has 7 nitrogen and oxygen atoms in total. The second-order valence-electron chi connectivity index (χ2n) is 9.44. The third-order valence-corrected chi connectivity index (χ3v) is 7.23. The van der Waals surface area contributed by atoms with Gasteiger partial charge in [-0.3, -0.25) is 4.79 Å². The van der Waals surface area contributed by atoms with Gasteiger partial charge in [-0.2, -0.15) is 4.98 Å². The van der Waals surface area contributed by atoms with Gasteiger partial charge in [0, 0.05) is 56.1 Å². The third kappa shape index (κ3) is 4.64. The summed E-state index contributed by atoms with van der Waals surface area (Å²) >= 11 is 0. The molecule has 0 bridgehead atoms. The van der Waals surface area contributed by atoms with Crippen molar-refractivity contribution in [2.24, 2.45) is 0 Å². The molecule has 5 rings (SSSR count). The van der Waals surface area contributed by atoms with Crippen molar-refractivity contribution in [3.05, 3.63) is 70.4 Å². The highest BCUT2D eigenvalue weighted by molar-refractivity contribution is 5.95. The standard InChI is InChI=1S/C26H31FN4O3/c1-17-15-23(18(2)31(17)16-19-3-5-22(27)6-4-19)26(32)30-11-7-21(8-12-30)25-28-24(29-34-25)20-9-13-33-14-10-20/h3-6,15,20-21H,7-14,16H2,1-2H3. The first-order chi connectivity index (χ1) is 16.5. The molecule has 0 saturated carbocycles. The van der Waals surface area contributed by atoms with E-state index in [1.807, 2.05) is 24.8 Å². The number of amides is 1. The Hall–Kier alpha value is -3.00. The van der Waals surface area contributed by atoms with E-state index in [9.17, 15) is 9.18 Å². The molecule has 0 unspecified atom stereocenters. The molecule has 8 heteroatoms. The van der Waals surface area contributed by atoms with Crippen LogP contribution < -0.4 is 0 Å². The Labute approximate surface area is 198 Å². The summed E-state index contributed by atoms with van der Waals surface area (Å²) in [5.74, 6) is 1.82. The Bertz CT molecular complexity index is 1140. The summed E-state index contributed by atoms with van der Waals surface area (Å²) in [6, 6.07) is 8.47. The summed E-state index contributed by atoms with van der Waals surface area (Å²) in [6.07, 6.45) is 3.50. The smallest absolute Gasteiger partial charge is 0.255 e. The van der Waals surface area contributed by atoms with Crippen LogP contribution in [0.3, 0.4) is 0 Å². The molecule has 0 aliphatic carbocycles. The van der Waals surface area contributed by atoms with Gasteiger partial charge in [-0.15, -0.1) is 0 Å². The predicted molar refractivity (Wildman–Crippen MR) is 124 cm³/mol. The van der Waals surface area contributed by atoms with Crippen molar-refractivity contribution in [2.75, 3.05) is 26.3 Å². The van der Waals surface area contributed by atoms with Crippen LogP contribution in [-0.2, 0) is 11.3 Å². The van der Waals surface area contributed by atoms with Crippen LogP contribution in [0.15, 0.2) is 34.9 Å². The molecule has 2 aliphatic rings. The van der Waals surface area contributed by atoms with E-state index < -0.39 is 0 Å². The minimum atomic E-state index is -0.246. The molecule has 1 amide bonds. The molecular weight excluding hydrogens is 435 g/mol. The molecule has 0 N–H and O–H groups in total. The van der Waals surface area contributed by atoms with E-state index in [1.165, 1.54) is 12.1 Å². The fourth-order valence-electron chi connectivity index (χ4n) is 5.07. The molecular formula is C26H31FN4O3. The van der Waals surface area contributed by atoms with E-state index in [0.29, 0.717) is 31.4 Å². The predicted octanol–water partition coefficient (Wildman–Crippen LogP) is 4.59. The van der Waals surface area contributed by atoms with Gasteiger partial charge >= 0.3 is 0 Å². The topological polar surface area (TPSA) is 73.4 Å². The molecule has 2 aromatic heterocycles. The molecule has 2 fully saturated rings. The molecule has 2 saturated heterocycles. The lowest BCUT2D eigenvalue weighted by Gasteiger charge is -2.30. The second-order valence-corrected chi connectivity index (χ2v) is 9.44. The number of benzene rings is 1. The summed E-state index contributed by atoms with van der Waals surface area (Å²) in [6.45, 7) is 7.43. The number of aryl methyl sites for hydroxylation is 1. The van der Waals surface area contributed by atoms with Gasteiger partial charge in [0.15, 0.2) is 5.82 Å². The Kier molecular flexibility index (Phi) is 6.50. The Morgan fingerprint density at radius 2 is 1.76 bits per heavy atom. The first-order valence-electron chi connectivity index (χ1n) is 12.1. The summed E-state index contributed by atoms with van der Waals surface area (Å²) < 4.78 is 26.4. The second kappa shape index (κ2) is 9.70. The zero-order chi connectivity index (χ0) is 23.7. The molecule has 34 heavy (non-hydrogen) atoms. The van der Waals surface area contributed by atoms with E-state index in [-0.39, 0.29) is 17.6 Å². The number of aromatic nitrogens is 3. The van der Waals surface area contributed by atoms with Crippen molar-refractivity contribution in [1.29, 1.82) is 0 Å². The highest BCUT2D eigenvalue weighted by Crippen LogP contribution is 2.31. The summed E-state index contributed by atoms with van der Waals surface area (Å²) in [7, 11) is 0. The van der Waals surface area contributed by atoms with Crippen molar-refractivity contribution in [1.82, 2.24) is 19.6 Å². The largest absolute Gasteiger partial charge is 0.381 e. The lowest BCUT2D eigenvalue weighted by atomic mass is 9.95. The lowest BCUT2D eigenvalue weighted by Crippen LogP contribution is -2.38. The normalized spacial score (nSPS) is 17.9. The maximum absolute atomic E-state index is 13.3. The monoisotopic (exact) mass is 466 g/mol. The molecule has 1 aromatic carbocycles. The van der Waals surface area contributed by atoms with Crippen LogP contribution in [0.2, 0.25) is 0 Å². The zero-order valence-corrected chi connectivity index (χ0v) is 19.8. The Morgan fingerprint density at radius 3 is 2.47 bits per heavy atom. The SMILES string of the molecule is Cc1cc(C(=O)N2CCC(c3nc(C4CCOCC4)no3)CC2)c(C)n1Cc1ccc(F)cc1. The number of hydrogen-bond donors (Lipinski definition) is 0. The molecule has 0 atom stereocenters. The fraction of sp³-hybridized carbons (Fsp3) is 0.500. The average Bonchev–Trinajstić information content (AvgIpc) is 3.47. The van der Waals surface area contributed by atoms with Gasteiger partial charge in [0.05, 0.1) is 5.56 Å². The van der Waals surface area contributed by atoms with Crippen molar-refractivity contribution in [2.45, 2.75) is 57.9 Å². The van der Waals surface area contributed by atoms with Gasteiger partial charge in [-0.05, 0) is 63.3 Å². The highest BCUT2D eigenvalue weighted by Gasteiger charge is 2.30. The average molecular weight is 467 g/mol. The number of carbonyl (C=O) groups excluding carboxylic acids is 1. The van der Waals surface area contributed by atoms with E-state index in [1.54, 1.807) is 12.1 Å². The van der Waals surface area contributed by atoms with Gasteiger partial charge in [0.2, 0.25) is 5.89 Å². The zero-order valence-electron chi connectivity index (χ0n) is 19.8. The number of piperidine rings is 1. The van der Waals surface area contributed by atoms with Crippen molar-refractivity contribution in [3.63, 3.8) is 0 Å². The number of carbonyl (C=O) groups is 1. The summed E-state index contributed by atoms with van der Waals surface area (Å²) in [5.41, 5.74) is 3.69. The van der Waals surface area contributed by atoms with Gasteiger partial charge in [-0.1, -0.05) is 17.3 Å². The molecule has 0 spiro atoms. The van der Waals surface area contributed by atoms with Crippen LogP contribution >= 0.6 is 0 Å². The Morgan fingerprint density at radius 1 is 1.06 bits per heavy atom. The number of halogens is 1. The first-order valence-corrected chi connectivity index (χ1v) is 12.1. The molecule has 180 valence electrons. The maximum Gasteiger partial charge on any atom is 0.255 e. The number of likely N-dealkylation sites (tertiary alicyclic amines) is 1. The van der Waals surface area contributed by atoms with E-state index in [2.05, 4.69) is 9.72 Å². The van der Waals surface area contributed by atoms with Crippen molar-refractivity contribution < 1.29 is 18.4 Å². The van der Waals surface area contributed by atoms with E-state index in [0.717, 1.165) is 67.2 Å². The number of nitrogens with zero attached hydrogens (tertiary/aromatic N) is 4. The fourth-order valence-corrected chi connectivity index (χ4v) is 5.07. The van der Waals surface area contributed by atoms with Gasteiger partial charge in [-0.25, -0.2) is 4.39 Å². The van der Waals surface area contributed by atoms with E-state index >= 15 is 0 Å². The minimum Gasteiger partial charge on any atom is -0.381 e. The Balaban J connectivity index is 1.22. The number of hydrogen-bond acceptors (Lipinski definition) is 5. The minimum absolute atomic E-state index is 0.0605. The van der Waals surface area contributed by atoms with Gasteiger partial charge in [0.1, 0.15) is 5.82 Å². The van der Waals surface area contributed by atoms with Crippen LogP contribution in [0.1, 0.15) is 76.5 Å². The first kappa shape index (κ1) is 22.8. The maximum atomic E-state index is 13.3. The quantitative estimate of drug-likeness (QED) is 0.550. The van der Waals surface area contributed by atoms with E-state index in [4.69, 9.17) is 14.2 Å². The highest BCUT2D eigenvalue weighted by atomic mass is 19.1. The van der Waals surface area contributed by atoms with Gasteiger partial charge < -0.3 is 18.7 Å². The molecule has 3 aromatic rings. The third-order valence-electron chi connectivity index (χ3n) is 7.23. The molecule has 0 radical (unpaired) electrons. The summed E-state index contributed by atoms with van der Waals surface area (Å²) in [5, 5.41) is 4.23. The number of ether oxygens (including phenoxy) is 1. The van der Waals surface area contributed by atoms with Crippen LogP contribution in [0, 0.1) is 19.7 Å². The van der Waals surface area contributed by atoms with Crippen LogP contribution in [0.5, 0.6) is 0 Å². The summed E-state index contributed by atoms with van der Waals surface area (Å²) in [4.78, 5) is 20.0. The van der Waals surface area contributed by atoms with Crippen molar-refractivity contribution in [3.8, 4) is 0 Å². The van der Waals surface area contributed by atoms with Crippen LogP contribution in [-0.4, -0.2) is 51.8 Å². The van der Waals surface area contributed by atoms with Crippen molar-refractivity contribution >= 4 is 5.91 Å². The van der Waals surface area contributed by atoms with Crippen LogP contribution in [0.25, 0.3) is 0 Å².